The lowest BCUT2D eigenvalue weighted by Gasteiger charge is -2.19. The van der Waals surface area contributed by atoms with Crippen molar-refractivity contribution in [2.24, 2.45) is 0 Å². The molecule has 1 heterocycles. The highest BCUT2D eigenvalue weighted by Crippen LogP contribution is 2.28. The second kappa shape index (κ2) is 6.07. The van der Waals surface area contributed by atoms with E-state index in [2.05, 4.69) is 45.0 Å². The van der Waals surface area contributed by atoms with Crippen LogP contribution in [0.15, 0.2) is 54.7 Å². The van der Waals surface area contributed by atoms with Crippen molar-refractivity contribution >= 4 is 33.5 Å². The van der Waals surface area contributed by atoms with Crippen LogP contribution in [0.1, 0.15) is 17.2 Å². The average Bonchev–Trinajstić information content (AvgIpc) is 2.50. The summed E-state index contributed by atoms with van der Waals surface area (Å²) in [5, 5.41) is 4.42. The predicted octanol–water partition coefficient (Wildman–Crippen LogP) is 4.29. The highest BCUT2D eigenvalue weighted by atomic mass is 127. The Hall–Kier alpha value is -1.53. The predicted molar refractivity (Wildman–Crippen MR) is 91.8 cm³/mol. The van der Waals surface area contributed by atoms with Gasteiger partial charge in [-0.05, 0) is 71.1 Å². The molecule has 2 aromatic carbocycles. The summed E-state index contributed by atoms with van der Waals surface area (Å²) >= 11 is 2.18. The zero-order valence-electron chi connectivity index (χ0n) is 11.5. The molecule has 3 aromatic rings. The fourth-order valence-corrected chi connectivity index (χ4v) is 3.30. The van der Waals surface area contributed by atoms with Gasteiger partial charge in [0, 0.05) is 15.2 Å². The van der Waals surface area contributed by atoms with E-state index in [1.165, 1.54) is 6.07 Å². The Balaban J connectivity index is 2.09. The van der Waals surface area contributed by atoms with Gasteiger partial charge in [0.1, 0.15) is 5.82 Å². The lowest BCUT2D eigenvalue weighted by Crippen LogP contribution is -2.18. The van der Waals surface area contributed by atoms with Gasteiger partial charge in [0.15, 0.2) is 0 Å². The highest BCUT2D eigenvalue weighted by Gasteiger charge is 2.15. The van der Waals surface area contributed by atoms with E-state index in [1.54, 1.807) is 12.3 Å². The molecule has 0 saturated heterocycles. The number of fused-ring (bicyclic) bond motifs is 1. The number of hydrogen-bond acceptors (Lipinski definition) is 2. The van der Waals surface area contributed by atoms with Crippen LogP contribution in [0.5, 0.6) is 0 Å². The summed E-state index contributed by atoms with van der Waals surface area (Å²) in [5.41, 5.74) is 3.19. The molecule has 0 aliphatic carbocycles. The maximum Gasteiger partial charge on any atom is 0.124 e. The van der Waals surface area contributed by atoms with Crippen molar-refractivity contribution in [3.8, 4) is 0 Å². The van der Waals surface area contributed by atoms with Crippen LogP contribution >= 0.6 is 22.6 Å². The minimum Gasteiger partial charge on any atom is -0.309 e. The molecule has 0 amide bonds. The van der Waals surface area contributed by atoms with Crippen molar-refractivity contribution < 1.29 is 4.39 Å². The standard InChI is InChI=1S/C17H14FIN2/c1-20-17(14-6-5-13(18)10-15(14)19)12-4-7-16-11(9-12)3-2-8-21-16/h2-10,17,20H,1H3. The zero-order chi connectivity index (χ0) is 14.8. The molecule has 0 saturated carbocycles. The Morgan fingerprint density at radius 1 is 1.14 bits per heavy atom. The van der Waals surface area contributed by atoms with Crippen molar-refractivity contribution in [1.29, 1.82) is 0 Å². The molecule has 0 aliphatic rings. The molecule has 1 unspecified atom stereocenters. The molecule has 1 atom stereocenters. The molecule has 1 aromatic heterocycles. The summed E-state index contributed by atoms with van der Waals surface area (Å²) in [6.45, 7) is 0. The van der Waals surface area contributed by atoms with E-state index < -0.39 is 0 Å². The fraction of sp³-hybridized carbons (Fsp3) is 0.118. The molecule has 0 fully saturated rings. The molecule has 4 heteroatoms. The maximum absolute atomic E-state index is 13.3. The van der Waals surface area contributed by atoms with Gasteiger partial charge in [0.2, 0.25) is 0 Å². The number of hydrogen-bond donors (Lipinski definition) is 1. The summed E-state index contributed by atoms with van der Waals surface area (Å²) in [4.78, 5) is 4.34. The molecule has 21 heavy (non-hydrogen) atoms. The minimum atomic E-state index is -0.208. The summed E-state index contributed by atoms with van der Waals surface area (Å²) in [7, 11) is 1.91. The summed E-state index contributed by atoms with van der Waals surface area (Å²) in [6.07, 6.45) is 1.79. The van der Waals surface area contributed by atoms with E-state index in [1.807, 2.05) is 31.3 Å². The van der Waals surface area contributed by atoms with Gasteiger partial charge in [-0.3, -0.25) is 4.98 Å². The van der Waals surface area contributed by atoms with Crippen molar-refractivity contribution in [3.63, 3.8) is 0 Å². The Kier molecular flexibility index (Phi) is 4.17. The van der Waals surface area contributed by atoms with Crippen LogP contribution in [0.4, 0.5) is 4.39 Å². The van der Waals surface area contributed by atoms with Gasteiger partial charge < -0.3 is 5.32 Å². The number of halogens is 2. The molecule has 0 aliphatic heterocycles. The van der Waals surface area contributed by atoms with Crippen molar-refractivity contribution in [1.82, 2.24) is 10.3 Å². The van der Waals surface area contributed by atoms with Gasteiger partial charge in [-0.1, -0.05) is 18.2 Å². The van der Waals surface area contributed by atoms with Gasteiger partial charge in [0.05, 0.1) is 11.6 Å². The van der Waals surface area contributed by atoms with Gasteiger partial charge >= 0.3 is 0 Å². The second-order valence-corrected chi connectivity index (χ2v) is 6.01. The Labute approximate surface area is 136 Å². The normalized spacial score (nSPS) is 12.5. The first kappa shape index (κ1) is 14.4. The van der Waals surface area contributed by atoms with Crippen molar-refractivity contribution in [3.05, 3.63) is 75.2 Å². The van der Waals surface area contributed by atoms with Crippen molar-refractivity contribution in [2.45, 2.75) is 6.04 Å². The van der Waals surface area contributed by atoms with Crippen LogP contribution in [-0.2, 0) is 0 Å². The summed E-state index contributed by atoms with van der Waals surface area (Å²) in [6, 6.07) is 15.1. The first-order chi connectivity index (χ1) is 10.2. The minimum absolute atomic E-state index is 0.0297. The van der Waals surface area contributed by atoms with E-state index in [-0.39, 0.29) is 11.9 Å². The van der Waals surface area contributed by atoms with Crippen molar-refractivity contribution in [2.75, 3.05) is 7.05 Å². The van der Waals surface area contributed by atoms with Crippen LogP contribution in [0.3, 0.4) is 0 Å². The zero-order valence-corrected chi connectivity index (χ0v) is 13.6. The second-order valence-electron chi connectivity index (χ2n) is 4.84. The maximum atomic E-state index is 13.3. The first-order valence-corrected chi connectivity index (χ1v) is 7.74. The van der Waals surface area contributed by atoms with Crippen LogP contribution in [-0.4, -0.2) is 12.0 Å². The Morgan fingerprint density at radius 2 is 2.00 bits per heavy atom. The number of nitrogens with zero attached hydrogens (tertiary/aromatic N) is 1. The molecule has 3 rings (SSSR count). The van der Waals surface area contributed by atoms with E-state index >= 15 is 0 Å². The third-order valence-corrected chi connectivity index (χ3v) is 4.46. The molecule has 106 valence electrons. The van der Waals surface area contributed by atoms with Gasteiger partial charge in [-0.25, -0.2) is 4.39 Å². The van der Waals surface area contributed by atoms with E-state index in [9.17, 15) is 4.39 Å². The van der Waals surface area contributed by atoms with Crippen LogP contribution in [0.25, 0.3) is 10.9 Å². The third-order valence-electron chi connectivity index (χ3n) is 3.52. The fourth-order valence-electron chi connectivity index (χ4n) is 2.51. The van der Waals surface area contributed by atoms with E-state index in [0.29, 0.717) is 0 Å². The van der Waals surface area contributed by atoms with Crippen LogP contribution in [0, 0.1) is 9.39 Å². The van der Waals surface area contributed by atoms with Gasteiger partial charge in [-0.15, -0.1) is 0 Å². The molecule has 1 N–H and O–H groups in total. The van der Waals surface area contributed by atoms with Crippen LogP contribution < -0.4 is 5.32 Å². The van der Waals surface area contributed by atoms with Crippen LogP contribution in [0.2, 0.25) is 0 Å². The lowest BCUT2D eigenvalue weighted by atomic mass is 9.97. The smallest absolute Gasteiger partial charge is 0.124 e. The molecule has 2 nitrogen and oxygen atoms in total. The average molecular weight is 392 g/mol. The molecular weight excluding hydrogens is 378 g/mol. The van der Waals surface area contributed by atoms with E-state index in [0.717, 1.165) is 25.6 Å². The Bertz CT molecular complexity index is 789. The van der Waals surface area contributed by atoms with E-state index in [4.69, 9.17) is 0 Å². The third kappa shape index (κ3) is 2.91. The monoisotopic (exact) mass is 392 g/mol. The number of rotatable bonds is 3. The Morgan fingerprint density at radius 3 is 2.76 bits per heavy atom. The SMILES string of the molecule is CNC(c1ccc2ncccc2c1)c1ccc(F)cc1I. The number of pyridine rings is 1. The summed E-state index contributed by atoms with van der Waals surface area (Å²) < 4.78 is 14.2. The molecule has 0 radical (unpaired) electrons. The largest absolute Gasteiger partial charge is 0.309 e. The highest BCUT2D eigenvalue weighted by molar-refractivity contribution is 14.1. The number of nitrogens with one attached hydrogen (secondary N) is 1. The molecule has 0 bridgehead atoms. The molecule has 0 spiro atoms. The summed E-state index contributed by atoms with van der Waals surface area (Å²) in [5.74, 6) is -0.208. The van der Waals surface area contributed by atoms with Gasteiger partial charge in [-0.2, -0.15) is 0 Å². The lowest BCUT2D eigenvalue weighted by molar-refractivity contribution is 0.621. The number of benzene rings is 2. The number of aromatic nitrogens is 1. The molecular formula is C17H14FIN2. The topological polar surface area (TPSA) is 24.9 Å². The first-order valence-electron chi connectivity index (χ1n) is 6.66. The van der Waals surface area contributed by atoms with Gasteiger partial charge in [0.25, 0.3) is 0 Å². The quantitative estimate of drug-likeness (QED) is 0.673.